The molecule has 0 saturated heterocycles. The molecule has 0 bridgehead atoms. The number of ether oxygens (including phenoxy) is 1. The molecule has 1 rings (SSSR count). The van der Waals surface area contributed by atoms with Crippen molar-refractivity contribution in [3.8, 4) is 0 Å². The fourth-order valence-corrected chi connectivity index (χ4v) is 1.02. The minimum absolute atomic E-state index is 0. The second-order valence-electron chi connectivity index (χ2n) is 2.99. The molecule has 0 radical (unpaired) electrons. The average Bonchev–Trinajstić information content (AvgIpc) is 2.26. The van der Waals surface area contributed by atoms with Crippen LogP contribution in [0, 0.1) is 0 Å². The molecule has 15 heavy (non-hydrogen) atoms. The molecule has 1 aromatic rings. The van der Waals surface area contributed by atoms with Gasteiger partial charge in [0, 0.05) is 0 Å². The van der Waals surface area contributed by atoms with E-state index in [2.05, 4.69) is 0 Å². The molecule has 0 spiro atoms. The maximum atomic E-state index is 11.3. The van der Waals surface area contributed by atoms with Crippen LogP contribution in [0.4, 0.5) is 0 Å². The van der Waals surface area contributed by atoms with Gasteiger partial charge in [-0.3, -0.25) is 0 Å². The third kappa shape index (κ3) is 4.80. The van der Waals surface area contributed by atoms with Crippen molar-refractivity contribution >= 4 is 5.97 Å². The van der Waals surface area contributed by atoms with E-state index in [0.29, 0.717) is 12.2 Å². The zero-order valence-electron chi connectivity index (χ0n) is 10.2. The van der Waals surface area contributed by atoms with E-state index in [1.807, 2.05) is 6.92 Å². The van der Waals surface area contributed by atoms with E-state index in [-0.39, 0.29) is 43.6 Å². The molecule has 0 aliphatic heterocycles. The molecule has 3 nitrogen and oxygen atoms in total. The minimum Gasteiger partial charge on any atom is -1.00 e. The first-order valence-corrected chi connectivity index (χ1v) is 4.65. The average molecular weight is 218 g/mol. The Kier molecular flexibility index (Phi) is 7.70. The Labute approximate surface area is 113 Å². The van der Waals surface area contributed by atoms with Gasteiger partial charge in [0.25, 0.3) is 0 Å². The number of hydrogen-bond acceptors (Lipinski definition) is 3. The quantitative estimate of drug-likeness (QED) is 0.513. The summed E-state index contributed by atoms with van der Waals surface area (Å²) in [6, 6.07) is 6.73. The van der Waals surface area contributed by atoms with Crippen LogP contribution in [0.15, 0.2) is 24.3 Å². The third-order valence-corrected chi connectivity index (χ3v) is 1.81. The number of carbonyl (C=O) groups excluding carboxylic acids is 1. The van der Waals surface area contributed by atoms with Crippen molar-refractivity contribution in [3.63, 3.8) is 0 Å². The molecule has 0 amide bonds. The molecule has 0 aliphatic rings. The second-order valence-corrected chi connectivity index (χ2v) is 2.99. The standard InChI is InChI=1S/C11H14O3.Na.H/c1-2-7-14-11(13)10-5-3-9(8-12)4-6-10;;/h3-6,12H,2,7-8H2,1H3;;/q;+1;-1. The SMILES string of the molecule is CCCOC(=O)c1ccc(CO)cc1.[H-].[Na+]. The number of esters is 1. The minimum atomic E-state index is -0.309. The third-order valence-electron chi connectivity index (χ3n) is 1.81. The molecule has 0 aliphatic carbocycles. The van der Waals surface area contributed by atoms with E-state index in [0.717, 1.165) is 12.0 Å². The van der Waals surface area contributed by atoms with E-state index in [4.69, 9.17) is 9.84 Å². The Bertz CT molecular complexity index is 301. The largest absolute Gasteiger partial charge is 1.00 e. The summed E-state index contributed by atoms with van der Waals surface area (Å²) >= 11 is 0. The van der Waals surface area contributed by atoms with Crippen LogP contribution in [0.1, 0.15) is 30.7 Å². The van der Waals surface area contributed by atoms with Gasteiger partial charge in [0.2, 0.25) is 0 Å². The summed E-state index contributed by atoms with van der Waals surface area (Å²) in [5.41, 5.74) is 1.31. The monoisotopic (exact) mass is 218 g/mol. The van der Waals surface area contributed by atoms with Crippen molar-refractivity contribution in [2.24, 2.45) is 0 Å². The van der Waals surface area contributed by atoms with Crippen LogP contribution in [0.2, 0.25) is 0 Å². The Balaban J connectivity index is 0. The molecule has 0 heterocycles. The van der Waals surface area contributed by atoms with Crippen LogP contribution >= 0.6 is 0 Å². The van der Waals surface area contributed by atoms with E-state index >= 15 is 0 Å². The normalized spacial score (nSPS) is 9.20. The fourth-order valence-electron chi connectivity index (χ4n) is 1.02. The van der Waals surface area contributed by atoms with Gasteiger partial charge in [0.1, 0.15) is 0 Å². The van der Waals surface area contributed by atoms with Crippen molar-refractivity contribution in [3.05, 3.63) is 35.4 Å². The predicted molar refractivity (Wildman–Crippen MR) is 54.1 cm³/mol. The van der Waals surface area contributed by atoms with Gasteiger partial charge in [-0.2, -0.15) is 0 Å². The van der Waals surface area contributed by atoms with Crippen LogP contribution in [0.3, 0.4) is 0 Å². The summed E-state index contributed by atoms with van der Waals surface area (Å²) in [7, 11) is 0. The molecule has 78 valence electrons. The maximum Gasteiger partial charge on any atom is 1.00 e. The van der Waals surface area contributed by atoms with Crippen molar-refractivity contribution in [1.82, 2.24) is 0 Å². The van der Waals surface area contributed by atoms with Crippen molar-refractivity contribution in [2.75, 3.05) is 6.61 Å². The van der Waals surface area contributed by atoms with E-state index in [1.165, 1.54) is 0 Å². The summed E-state index contributed by atoms with van der Waals surface area (Å²) in [5.74, 6) is -0.309. The predicted octanol–water partition coefficient (Wildman–Crippen LogP) is -1.14. The molecule has 1 aromatic carbocycles. The van der Waals surface area contributed by atoms with Gasteiger partial charge >= 0.3 is 35.5 Å². The van der Waals surface area contributed by atoms with Gasteiger partial charge < -0.3 is 11.3 Å². The molecule has 1 N–H and O–H groups in total. The van der Waals surface area contributed by atoms with Crippen LogP contribution < -0.4 is 29.6 Å². The second kappa shape index (κ2) is 7.88. The maximum absolute atomic E-state index is 11.3. The Morgan fingerprint density at radius 3 is 2.47 bits per heavy atom. The molecular formula is C11H15NaO3. The molecular weight excluding hydrogens is 203 g/mol. The zero-order chi connectivity index (χ0) is 10.4. The molecule has 0 unspecified atom stereocenters. The van der Waals surface area contributed by atoms with Gasteiger partial charge in [-0.1, -0.05) is 19.1 Å². The van der Waals surface area contributed by atoms with Crippen LogP contribution in [0.5, 0.6) is 0 Å². The summed E-state index contributed by atoms with van der Waals surface area (Å²) in [4.78, 5) is 11.3. The van der Waals surface area contributed by atoms with E-state index in [9.17, 15) is 4.79 Å². The molecule has 0 aromatic heterocycles. The first kappa shape index (κ1) is 14.6. The molecule has 0 atom stereocenters. The number of hydrogen-bond donors (Lipinski definition) is 1. The number of benzene rings is 1. The first-order valence-electron chi connectivity index (χ1n) is 4.65. The first-order chi connectivity index (χ1) is 6.77. The number of aliphatic hydroxyl groups is 1. The topological polar surface area (TPSA) is 46.5 Å². The molecule has 4 heteroatoms. The number of aliphatic hydroxyl groups excluding tert-OH is 1. The summed E-state index contributed by atoms with van der Waals surface area (Å²) in [5, 5.41) is 8.79. The number of carbonyl (C=O) groups is 1. The summed E-state index contributed by atoms with van der Waals surface area (Å²) < 4.78 is 4.95. The van der Waals surface area contributed by atoms with Gasteiger partial charge in [-0.15, -0.1) is 0 Å². The van der Waals surface area contributed by atoms with Crippen LogP contribution in [-0.4, -0.2) is 17.7 Å². The smallest absolute Gasteiger partial charge is 1.00 e. The van der Waals surface area contributed by atoms with Crippen molar-refractivity contribution in [1.29, 1.82) is 0 Å². The van der Waals surface area contributed by atoms with Gasteiger partial charge in [0.05, 0.1) is 18.8 Å². The summed E-state index contributed by atoms with van der Waals surface area (Å²) in [6.07, 6.45) is 0.820. The van der Waals surface area contributed by atoms with E-state index in [1.54, 1.807) is 24.3 Å². The van der Waals surface area contributed by atoms with Gasteiger partial charge in [-0.25, -0.2) is 4.79 Å². The van der Waals surface area contributed by atoms with Gasteiger partial charge in [0.15, 0.2) is 0 Å². The summed E-state index contributed by atoms with van der Waals surface area (Å²) in [6.45, 7) is 2.38. The van der Waals surface area contributed by atoms with Crippen molar-refractivity contribution < 1.29 is 45.6 Å². The molecule has 0 fully saturated rings. The zero-order valence-corrected chi connectivity index (χ0v) is 11.2. The number of rotatable bonds is 4. The Morgan fingerprint density at radius 2 is 2.00 bits per heavy atom. The van der Waals surface area contributed by atoms with E-state index < -0.39 is 0 Å². The van der Waals surface area contributed by atoms with Crippen LogP contribution in [-0.2, 0) is 11.3 Å². The molecule has 0 saturated carbocycles. The van der Waals surface area contributed by atoms with Gasteiger partial charge in [-0.05, 0) is 24.1 Å². The fraction of sp³-hybridized carbons (Fsp3) is 0.364. The van der Waals surface area contributed by atoms with Crippen molar-refractivity contribution in [2.45, 2.75) is 20.0 Å². The Hall–Kier alpha value is -0.350. The van der Waals surface area contributed by atoms with Crippen LogP contribution in [0.25, 0.3) is 0 Å². The Morgan fingerprint density at radius 1 is 1.40 bits per heavy atom.